The number of benzene rings is 1. The first-order valence-corrected chi connectivity index (χ1v) is 5.81. The molecule has 6 heteroatoms. The van der Waals surface area contributed by atoms with Crippen molar-refractivity contribution < 1.29 is 17.6 Å². The van der Waals surface area contributed by atoms with E-state index in [0.29, 0.717) is 12.2 Å². The van der Waals surface area contributed by atoms with Gasteiger partial charge in [-0.1, -0.05) is 0 Å². The van der Waals surface area contributed by atoms with Gasteiger partial charge in [-0.3, -0.25) is 0 Å². The van der Waals surface area contributed by atoms with Crippen molar-refractivity contribution in [2.75, 3.05) is 31.1 Å². The van der Waals surface area contributed by atoms with Crippen molar-refractivity contribution in [2.24, 2.45) is 0 Å². The molecule has 0 aliphatic carbocycles. The number of nitrogens with zero attached hydrogens (tertiary/aromatic N) is 1. The first kappa shape index (κ1) is 13.1. The van der Waals surface area contributed by atoms with E-state index in [2.05, 4.69) is 5.32 Å². The Balaban J connectivity index is 2.22. The van der Waals surface area contributed by atoms with Crippen molar-refractivity contribution in [3.63, 3.8) is 0 Å². The third kappa shape index (κ3) is 2.93. The smallest absolute Gasteiger partial charge is 0.370 e. The minimum absolute atomic E-state index is 0.504. The summed E-state index contributed by atoms with van der Waals surface area (Å²) in [5.74, 6) is -1.21. The lowest BCUT2D eigenvalue weighted by Gasteiger charge is -2.23. The second-order valence-electron chi connectivity index (χ2n) is 4.25. The topological polar surface area (TPSA) is 15.3 Å². The van der Waals surface area contributed by atoms with Gasteiger partial charge in [0, 0.05) is 25.3 Å². The molecule has 0 saturated carbocycles. The molecule has 1 heterocycles. The molecule has 0 unspecified atom stereocenters. The zero-order chi connectivity index (χ0) is 13.2. The fraction of sp³-hybridized carbons (Fsp3) is 0.500. The molecule has 0 aromatic heterocycles. The molecular weight excluding hydrogens is 248 g/mol. The molecule has 0 amide bonds. The summed E-state index contributed by atoms with van der Waals surface area (Å²) in [7, 11) is 0. The first-order chi connectivity index (χ1) is 8.48. The Morgan fingerprint density at radius 1 is 1.11 bits per heavy atom. The molecule has 2 rings (SSSR count). The molecule has 18 heavy (non-hydrogen) atoms. The highest BCUT2D eigenvalue weighted by atomic mass is 19.4. The van der Waals surface area contributed by atoms with Gasteiger partial charge in [0.25, 0.3) is 0 Å². The van der Waals surface area contributed by atoms with E-state index in [1.807, 2.05) is 4.90 Å². The van der Waals surface area contributed by atoms with Crippen molar-refractivity contribution >= 4 is 5.69 Å². The van der Waals surface area contributed by atoms with E-state index in [9.17, 15) is 17.6 Å². The van der Waals surface area contributed by atoms with Crippen LogP contribution >= 0.6 is 0 Å². The van der Waals surface area contributed by atoms with Crippen LogP contribution in [0.5, 0.6) is 0 Å². The largest absolute Gasteiger partial charge is 0.419 e. The minimum atomic E-state index is -4.64. The number of hydrogen-bond acceptors (Lipinski definition) is 2. The van der Waals surface area contributed by atoms with Crippen LogP contribution in [-0.4, -0.2) is 26.2 Å². The average Bonchev–Trinajstić information content (AvgIpc) is 2.55. The molecule has 0 bridgehead atoms. The van der Waals surface area contributed by atoms with Crippen LogP contribution in [0.15, 0.2) is 18.2 Å². The van der Waals surface area contributed by atoms with Gasteiger partial charge in [0.2, 0.25) is 0 Å². The molecule has 0 spiro atoms. The van der Waals surface area contributed by atoms with Gasteiger partial charge in [-0.25, -0.2) is 4.39 Å². The lowest BCUT2D eigenvalue weighted by molar-refractivity contribution is -0.139. The van der Waals surface area contributed by atoms with E-state index in [1.165, 1.54) is 6.07 Å². The third-order valence-corrected chi connectivity index (χ3v) is 2.96. The molecule has 1 aromatic rings. The van der Waals surface area contributed by atoms with Crippen LogP contribution in [0.3, 0.4) is 0 Å². The van der Waals surface area contributed by atoms with Gasteiger partial charge in [-0.05, 0) is 31.2 Å². The van der Waals surface area contributed by atoms with Crippen molar-refractivity contribution in [1.82, 2.24) is 5.32 Å². The molecule has 1 aliphatic heterocycles. The van der Waals surface area contributed by atoms with Gasteiger partial charge in [0.15, 0.2) is 0 Å². The van der Waals surface area contributed by atoms with Crippen LogP contribution < -0.4 is 10.2 Å². The quantitative estimate of drug-likeness (QED) is 0.783. The number of halogens is 4. The van der Waals surface area contributed by atoms with Gasteiger partial charge in [-0.15, -0.1) is 0 Å². The highest BCUT2D eigenvalue weighted by molar-refractivity contribution is 5.49. The summed E-state index contributed by atoms with van der Waals surface area (Å²) in [6.45, 7) is 3.02. The van der Waals surface area contributed by atoms with Gasteiger partial charge in [-0.2, -0.15) is 13.2 Å². The summed E-state index contributed by atoms with van der Waals surface area (Å²) in [6, 6.07) is 3.11. The lowest BCUT2D eigenvalue weighted by atomic mass is 10.1. The Morgan fingerprint density at radius 2 is 1.89 bits per heavy atom. The van der Waals surface area contributed by atoms with Gasteiger partial charge in [0.05, 0.1) is 5.56 Å². The standard InChI is InChI=1S/C12H14F4N2/c13-11-8-9(2-3-10(11)12(14,15)16)18-6-1-4-17-5-7-18/h2-3,8,17H,1,4-7H2. The molecule has 1 N–H and O–H groups in total. The van der Waals surface area contributed by atoms with Crippen LogP contribution in [-0.2, 0) is 6.18 Å². The van der Waals surface area contributed by atoms with Crippen molar-refractivity contribution in [3.8, 4) is 0 Å². The number of rotatable bonds is 1. The van der Waals surface area contributed by atoms with Crippen LogP contribution in [0.1, 0.15) is 12.0 Å². The highest BCUT2D eigenvalue weighted by Crippen LogP contribution is 2.33. The Labute approximate surface area is 103 Å². The second kappa shape index (κ2) is 5.14. The Hall–Kier alpha value is -1.30. The molecular formula is C12H14F4N2. The molecule has 2 nitrogen and oxygen atoms in total. The summed E-state index contributed by atoms with van der Waals surface area (Å²) in [5.41, 5.74) is -0.705. The fourth-order valence-corrected chi connectivity index (χ4v) is 2.03. The van der Waals surface area contributed by atoms with Crippen LogP contribution in [0.25, 0.3) is 0 Å². The predicted octanol–water partition coefficient (Wildman–Crippen LogP) is 2.64. The first-order valence-electron chi connectivity index (χ1n) is 5.81. The Kier molecular flexibility index (Phi) is 3.75. The molecule has 0 radical (unpaired) electrons. The normalized spacial score (nSPS) is 17.7. The highest BCUT2D eigenvalue weighted by Gasteiger charge is 2.34. The van der Waals surface area contributed by atoms with Crippen molar-refractivity contribution in [1.29, 1.82) is 0 Å². The SMILES string of the molecule is Fc1cc(N2CCCNCC2)ccc1C(F)(F)F. The van der Waals surface area contributed by atoms with E-state index >= 15 is 0 Å². The molecule has 1 aromatic carbocycles. The maximum absolute atomic E-state index is 13.4. The van der Waals surface area contributed by atoms with Gasteiger partial charge in [0.1, 0.15) is 5.82 Å². The molecule has 0 atom stereocenters. The number of nitrogens with one attached hydrogen (secondary N) is 1. The van der Waals surface area contributed by atoms with E-state index in [-0.39, 0.29) is 0 Å². The summed E-state index contributed by atoms with van der Waals surface area (Å²) in [4.78, 5) is 1.89. The van der Waals surface area contributed by atoms with Gasteiger partial charge < -0.3 is 10.2 Å². The molecule has 100 valence electrons. The minimum Gasteiger partial charge on any atom is -0.370 e. The number of anilines is 1. The maximum Gasteiger partial charge on any atom is 0.419 e. The lowest BCUT2D eigenvalue weighted by Crippen LogP contribution is -2.28. The number of hydrogen-bond donors (Lipinski definition) is 1. The summed E-state index contributed by atoms with van der Waals surface area (Å²) in [5, 5.41) is 3.18. The van der Waals surface area contributed by atoms with Crippen molar-refractivity contribution in [2.45, 2.75) is 12.6 Å². The average molecular weight is 262 g/mol. The van der Waals surface area contributed by atoms with Crippen LogP contribution in [0, 0.1) is 5.82 Å². The van der Waals surface area contributed by atoms with E-state index in [0.717, 1.165) is 38.2 Å². The zero-order valence-corrected chi connectivity index (χ0v) is 9.73. The third-order valence-electron chi connectivity index (χ3n) is 2.96. The van der Waals surface area contributed by atoms with Crippen LogP contribution in [0.4, 0.5) is 23.2 Å². The monoisotopic (exact) mass is 262 g/mol. The Bertz CT molecular complexity index is 409. The van der Waals surface area contributed by atoms with Crippen molar-refractivity contribution in [3.05, 3.63) is 29.6 Å². The van der Waals surface area contributed by atoms with E-state index in [4.69, 9.17) is 0 Å². The predicted molar refractivity (Wildman–Crippen MR) is 61.1 cm³/mol. The summed E-state index contributed by atoms with van der Waals surface area (Å²) in [6.07, 6.45) is -3.74. The second-order valence-corrected chi connectivity index (χ2v) is 4.25. The fourth-order valence-electron chi connectivity index (χ4n) is 2.03. The maximum atomic E-state index is 13.4. The van der Waals surface area contributed by atoms with E-state index in [1.54, 1.807) is 0 Å². The van der Waals surface area contributed by atoms with Crippen LogP contribution in [0.2, 0.25) is 0 Å². The molecule has 1 saturated heterocycles. The molecule has 1 aliphatic rings. The van der Waals surface area contributed by atoms with E-state index < -0.39 is 17.6 Å². The number of alkyl halides is 3. The summed E-state index contributed by atoms with van der Waals surface area (Å²) < 4.78 is 50.7. The summed E-state index contributed by atoms with van der Waals surface area (Å²) >= 11 is 0. The van der Waals surface area contributed by atoms with Gasteiger partial charge >= 0.3 is 6.18 Å². The Morgan fingerprint density at radius 3 is 2.56 bits per heavy atom. The zero-order valence-electron chi connectivity index (χ0n) is 9.73. The molecule has 1 fully saturated rings.